The van der Waals surface area contributed by atoms with Gasteiger partial charge in [0.05, 0.1) is 0 Å². The van der Waals surface area contributed by atoms with Crippen molar-refractivity contribution in [2.45, 2.75) is 6.04 Å². The van der Waals surface area contributed by atoms with E-state index in [4.69, 9.17) is 0 Å². The molecule has 0 aromatic rings. The Bertz CT molecular complexity index is 288. The normalized spacial score (nSPS) is 26.5. The lowest BCUT2D eigenvalue weighted by atomic mass is 10.2. The van der Waals surface area contributed by atoms with Crippen molar-refractivity contribution in [3.8, 4) is 0 Å². The topological polar surface area (TPSA) is 37.1 Å². The Hall–Kier alpha value is -0.900. The maximum Gasteiger partial charge on any atom is 0.159 e. The van der Waals surface area contributed by atoms with Crippen LogP contribution in [0.1, 0.15) is 0 Å². The number of dihydropyridines is 1. The number of hydrogen-bond donors (Lipinski definition) is 0. The van der Waals surface area contributed by atoms with Gasteiger partial charge < -0.3 is 0 Å². The summed E-state index contributed by atoms with van der Waals surface area (Å²) >= 11 is 1.70. The highest BCUT2D eigenvalue weighted by atomic mass is 32.2. The minimum Gasteiger partial charge on any atom is -0.257 e. The molecular formula is C7H7N3S. The number of rotatable bonds is 1. The molecule has 0 fully saturated rings. The van der Waals surface area contributed by atoms with Crippen LogP contribution in [0.15, 0.2) is 26.0 Å². The van der Waals surface area contributed by atoms with Gasteiger partial charge in [-0.25, -0.2) is 9.98 Å². The first-order valence-electron chi connectivity index (χ1n) is 3.29. The monoisotopic (exact) mass is 165 g/mol. The van der Waals surface area contributed by atoms with Crippen molar-refractivity contribution in [2.24, 2.45) is 15.0 Å². The lowest BCUT2D eigenvalue weighted by Crippen LogP contribution is -2.17. The van der Waals surface area contributed by atoms with E-state index in [-0.39, 0.29) is 6.04 Å². The van der Waals surface area contributed by atoms with Crippen LogP contribution in [0.25, 0.3) is 0 Å². The third-order valence-corrected chi connectivity index (χ3v) is 2.43. The summed E-state index contributed by atoms with van der Waals surface area (Å²) in [5.41, 5.74) is 0. The van der Waals surface area contributed by atoms with Gasteiger partial charge in [-0.2, -0.15) is 0 Å². The third-order valence-electron chi connectivity index (χ3n) is 1.60. The molecule has 2 aliphatic rings. The molecule has 0 spiro atoms. The minimum absolute atomic E-state index is 0.0926. The number of thioether (sulfide) groups is 1. The van der Waals surface area contributed by atoms with Crippen LogP contribution in [-0.2, 0) is 0 Å². The van der Waals surface area contributed by atoms with Crippen LogP contribution in [0.4, 0.5) is 0 Å². The van der Waals surface area contributed by atoms with E-state index in [1.165, 1.54) is 4.91 Å². The first-order valence-corrected chi connectivity index (χ1v) is 4.52. The fourth-order valence-electron chi connectivity index (χ4n) is 1.06. The summed E-state index contributed by atoms with van der Waals surface area (Å²) in [5, 5.41) is 0. The second-order valence-electron chi connectivity index (χ2n) is 2.21. The summed E-state index contributed by atoms with van der Waals surface area (Å²) in [6.45, 7) is 0. The Labute approximate surface area is 69.0 Å². The molecule has 0 N–H and O–H groups in total. The molecule has 2 aliphatic heterocycles. The molecule has 56 valence electrons. The molecule has 0 saturated heterocycles. The van der Waals surface area contributed by atoms with Gasteiger partial charge in [0, 0.05) is 11.1 Å². The van der Waals surface area contributed by atoms with E-state index in [1.807, 2.05) is 12.3 Å². The Morgan fingerprint density at radius 3 is 3.27 bits per heavy atom. The summed E-state index contributed by atoms with van der Waals surface area (Å²) in [4.78, 5) is 13.5. The molecule has 2 rings (SSSR count). The molecule has 0 amide bonds. The number of amidine groups is 1. The second kappa shape index (κ2) is 2.62. The Morgan fingerprint density at radius 2 is 2.45 bits per heavy atom. The molecule has 0 aromatic carbocycles. The summed E-state index contributed by atoms with van der Waals surface area (Å²) in [6, 6.07) is 0.0926. The van der Waals surface area contributed by atoms with Gasteiger partial charge in [0.15, 0.2) is 5.84 Å². The van der Waals surface area contributed by atoms with Crippen molar-refractivity contribution in [2.75, 3.05) is 6.26 Å². The van der Waals surface area contributed by atoms with Crippen LogP contribution >= 0.6 is 11.8 Å². The molecule has 0 saturated carbocycles. The van der Waals surface area contributed by atoms with Crippen LogP contribution in [0.5, 0.6) is 0 Å². The number of aliphatic imine (C=N–C) groups is 3. The molecule has 0 unspecified atom stereocenters. The molecule has 0 radical (unpaired) electrons. The van der Waals surface area contributed by atoms with Gasteiger partial charge in [0.25, 0.3) is 0 Å². The molecule has 4 heteroatoms. The van der Waals surface area contributed by atoms with E-state index in [0.29, 0.717) is 0 Å². The van der Waals surface area contributed by atoms with Crippen molar-refractivity contribution < 1.29 is 0 Å². The quantitative estimate of drug-likeness (QED) is 0.573. The maximum absolute atomic E-state index is 4.18. The van der Waals surface area contributed by atoms with Crippen molar-refractivity contribution in [3.63, 3.8) is 0 Å². The fourth-order valence-corrected chi connectivity index (χ4v) is 1.65. The van der Waals surface area contributed by atoms with Crippen LogP contribution in [0, 0.1) is 0 Å². The number of allylic oxidation sites excluding steroid dienone is 1. The van der Waals surface area contributed by atoms with Gasteiger partial charge >= 0.3 is 0 Å². The SMILES string of the molecule is CSC1=CC=NC2=NC=N[C@@H]12. The molecule has 0 bridgehead atoms. The minimum atomic E-state index is 0.0926. The number of nitrogens with zero attached hydrogens (tertiary/aromatic N) is 3. The second-order valence-corrected chi connectivity index (χ2v) is 3.09. The van der Waals surface area contributed by atoms with Crippen molar-refractivity contribution in [1.29, 1.82) is 0 Å². The highest BCUT2D eigenvalue weighted by Gasteiger charge is 2.23. The van der Waals surface area contributed by atoms with E-state index in [9.17, 15) is 0 Å². The van der Waals surface area contributed by atoms with Gasteiger partial charge in [-0.05, 0) is 12.3 Å². The van der Waals surface area contributed by atoms with E-state index in [0.717, 1.165) is 5.84 Å². The average molecular weight is 165 g/mol. The zero-order valence-corrected chi connectivity index (χ0v) is 6.88. The average Bonchev–Trinajstić information content (AvgIpc) is 2.50. The lowest BCUT2D eigenvalue weighted by molar-refractivity contribution is 1.08. The predicted octanol–water partition coefficient (Wildman–Crippen LogP) is 1.13. The van der Waals surface area contributed by atoms with Crippen LogP contribution in [0.2, 0.25) is 0 Å². The van der Waals surface area contributed by atoms with E-state index in [1.54, 1.807) is 24.3 Å². The molecule has 11 heavy (non-hydrogen) atoms. The smallest absolute Gasteiger partial charge is 0.159 e. The lowest BCUT2D eigenvalue weighted by Gasteiger charge is -2.12. The Morgan fingerprint density at radius 1 is 1.55 bits per heavy atom. The maximum atomic E-state index is 4.18. The van der Waals surface area contributed by atoms with Gasteiger partial charge in [-0.15, -0.1) is 11.8 Å². The van der Waals surface area contributed by atoms with E-state index < -0.39 is 0 Å². The standard InChI is InChI=1S/C7H7N3S/c1-11-5-2-3-8-7-6(5)9-4-10-7/h2-4,6H,1H3/t6-/m0/s1. The van der Waals surface area contributed by atoms with Crippen molar-refractivity contribution in [1.82, 2.24) is 0 Å². The summed E-state index contributed by atoms with van der Waals surface area (Å²) in [7, 11) is 0. The molecular weight excluding hydrogens is 158 g/mol. The number of hydrogen-bond acceptors (Lipinski definition) is 4. The van der Waals surface area contributed by atoms with Gasteiger partial charge in [-0.3, -0.25) is 4.99 Å². The first-order chi connectivity index (χ1) is 5.42. The fraction of sp³-hybridized carbons (Fsp3) is 0.286. The Kier molecular flexibility index (Phi) is 1.62. The number of fused-ring (bicyclic) bond motifs is 1. The zero-order valence-electron chi connectivity index (χ0n) is 6.06. The third kappa shape index (κ3) is 1.03. The highest BCUT2D eigenvalue weighted by Crippen LogP contribution is 2.24. The van der Waals surface area contributed by atoms with Crippen molar-refractivity contribution >= 4 is 30.2 Å². The molecule has 2 heterocycles. The predicted molar refractivity (Wildman–Crippen MR) is 49.8 cm³/mol. The first kappa shape index (κ1) is 6.79. The molecule has 0 aliphatic carbocycles. The highest BCUT2D eigenvalue weighted by molar-refractivity contribution is 8.02. The largest absolute Gasteiger partial charge is 0.257 e. The molecule has 0 aromatic heterocycles. The van der Waals surface area contributed by atoms with E-state index in [2.05, 4.69) is 15.0 Å². The van der Waals surface area contributed by atoms with Crippen LogP contribution in [-0.4, -0.2) is 30.7 Å². The summed E-state index contributed by atoms with van der Waals surface area (Å²) in [5.74, 6) is 0.817. The van der Waals surface area contributed by atoms with Gasteiger partial charge in [0.1, 0.15) is 12.4 Å². The summed E-state index contributed by atoms with van der Waals surface area (Å²) < 4.78 is 0. The van der Waals surface area contributed by atoms with Crippen molar-refractivity contribution in [3.05, 3.63) is 11.0 Å². The zero-order chi connectivity index (χ0) is 7.68. The molecule has 3 nitrogen and oxygen atoms in total. The van der Waals surface area contributed by atoms with Gasteiger partial charge in [-0.1, -0.05) is 0 Å². The van der Waals surface area contributed by atoms with Gasteiger partial charge in [0.2, 0.25) is 0 Å². The summed E-state index contributed by atoms with van der Waals surface area (Å²) in [6.07, 6.45) is 7.37. The van der Waals surface area contributed by atoms with Crippen LogP contribution in [0.3, 0.4) is 0 Å². The van der Waals surface area contributed by atoms with E-state index >= 15 is 0 Å². The van der Waals surface area contributed by atoms with Crippen LogP contribution < -0.4 is 0 Å². The Balaban J connectivity index is 2.35. The molecule has 1 atom stereocenters.